The fraction of sp³-hybridized carbons (Fsp3) is 0.125. The zero-order chi connectivity index (χ0) is 17.9. The van der Waals surface area contributed by atoms with Gasteiger partial charge in [-0.3, -0.25) is 0 Å². The van der Waals surface area contributed by atoms with Crippen LogP contribution in [-0.4, -0.2) is 25.1 Å². The van der Waals surface area contributed by atoms with Crippen molar-refractivity contribution < 1.29 is 17.3 Å². The summed E-state index contributed by atoms with van der Waals surface area (Å²) in [4.78, 5) is 4.28. The SMILES string of the molecule is O=S(=O)(NCCc1nc(-c2ccc(F)cc2)no1)c1ccc(Cl)cc1. The van der Waals surface area contributed by atoms with Crippen LogP contribution >= 0.6 is 11.6 Å². The van der Waals surface area contributed by atoms with Crippen molar-refractivity contribution in [1.29, 1.82) is 0 Å². The smallest absolute Gasteiger partial charge is 0.240 e. The minimum Gasteiger partial charge on any atom is -0.339 e. The summed E-state index contributed by atoms with van der Waals surface area (Å²) >= 11 is 5.74. The minimum absolute atomic E-state index is 0.0933. The molecule has 0 saturated heterocycles. The molecule has 1 N–H and O–H groups in total. The third-order valence-electron chi connectivity index (χ3n) is 3.33. The molecule has 6 nitrogen and oxygen atoms in total. The predicted octanol–water partition coefficient (Wildman–Crippen LogP) is 3.05. The molecule has 0 aliphatic rings. The van der Waals surface area contributed by atoms with E-state index >= 15 is 0 Å². The Morgan fingerprint density at radius 1 is 1.08 bits per heavy atom. The highest BCUT2D eigenvalue weighted by Crippen LogP contribution is 2.17. The molecule has 0 bridgehead atoms. The van der Waals surface area contributed by atoms with Crippen molar-refractivity contribution >= 4 is 21.6 Å². The number of nitrogens with one attached hydrogen (secondary N) is 1. The first-order valence-electron chi connectivity index (χ1n) is 7.28. The predicted molar refractivity (Wildman–Crippen MR) is 90.0 cm³/mol. The van der Waals surface area contributed by atoms with Gasteiger partial charge in [0.1, 0.15) is 5.82 Å². The lowest BCUT2D eigenvalue weighted by molar-refractivity contribution is 0.379. The van der Waals surface area contributed by atoms with E-state index in [1.807, 2.05) is 0 Å². The first-order valence-corrected chi connectivity index (χ1v) is 9.14. The van der Waals surface area contributed by atoms with Crippen LogP contribution in [0.3, 0.4) is 0 Å². The van der Waals surface area contributed by atoms with E-state index in [0.29, 0.717) is 16.4 Å². The second kappa shape index (κ2) is 7.30. The van der Waals surface area contributed by atoms with E-state index in [1.165, 1.54) is 48.5 Å². The van der Waals surface area contributed by atoms with Gasteiger partial charge in [0.25, 0.3) is 0 Å². The lowest BCUT2D eigenvalue weighted by Crippen LogP contribution is -2.26. The summed E-state index contributed by atoms with van der Waals surface area (Å²) in [5.74, 6) is 0.234. The van der Waals surface area contributed by atoms with Crippen molar-refractivity contribution in [2.75, 3.05) is 6.54 Å². The van der Waals surface area contributed by atoms with Crippen molar-refractivity contribution in [2.24, 2.45) is 0 Å². The number of benzene rings is 2. The molecule has 0 radical (unpaired) electrons. The second-order valence-corrected chi connectivity index (χ2v) is 7.32. The fourth-order valence-corrected chi connectivity index (χ4v) is 3.22. The van der Waals surface area contributed by atoms with E-state index < -0.39 is 10.0 Å². The van der Waals surface area contributed by atoms with Gasteiger partial charge < -0.3 is 4.52 Å². The number of hydrogen-bond acceptors (Lipinski definition) is 5. The van der Waals surface area contributed by atoms with Crippen LogP contribution in [0.25, 0.3) is 11.4 Å². The summed E-state index contributed by atoms with van der Waals surface area (Å²) in [7, 11) is -3.64. The molecule has 3 aromatic rings. The number of aromatic nitrogens is 2. The Morgan fingerprint density at radius 3 is 2.44 bits per heavy atom. The third kappa shape index (κ3) is 4.41. The van der Waals surface area contributed by atoms with Crippen LogP contribution in [-0.2, 0) is 16.4 Å². The van der Waals surface area contributed by atoms with Gasteiger partial charge in [-0.05, 0) is 48.5 Å². The molecule has 0 aliphatic heterocycles. The van der Waals surface area contributed by atoms with Gasteiger partial charge >= 0.3 is 0 Å². The lowest BCUT2D eigenvalue weighted by Gasteiger charge is -2.05. The third-order valence-corrected chi connectivity index (χ3v) is 5.05. The zero-order valence-corrected chi connectivity index (χ0v) is 14.4. The van der Waals surface area contributed by atoms with Gasteiger partial charge in [-0.25, -0.2) is 17.5 Å². The minimum atomic E-state index is -3.64. The van der Waals surface area contributed by atoms with Crippen molar-refractivity contribution in [1.82, 2.24) is 14.9 Å². The average molecular weight is 382 g/mol. The van der Waals surface area contributed by atoms with E-state index in [1.54, 1.807) is 0 Å². The summed E-state index contributed by atoms with van der Waals surface area (Å²) in [6.45, 7) is 0.0933. The van der Waals surface area contributed by atoms with Crippen LogP contribution in [0.4, 0.5) is 4.39 Å². The van der Waals surface area contributed by atoms with Crippen LogP contribution in [0.1, 0.15) is 5.89 Å². The Morgan fingerprint density at radius 2 is 1.76 bits per heavy atom. The quantitative estimate of drug-likeness (QED) is 0.709. The highest BCUT2D eigenvalue weighted by molar-refractivity contribution is 7.89. The van der Waals surface area contributed by atoms with E-state index in [-0.39, 0.29) is 29.6 Å². The topological polar surface area (TPSA) is 85.1 Å². The molecule has 0 atom stereocenters. The Balaban J connectivity index is 1.61. The Bertz CT molecular complexity index is 957. The number of hydrogen-bond donors (Lipinski definition) is 1. The molecule has 2 aromatic carbocycles. The van der Waals surface area contributed by atoms with E-state index in [9.17, 15) is 12.8 Å². The molecule has 0 unspecified atom stereocenters. The fourth-order valence-electron chi connectivity index (χ4n) is 2.06. The van der Waals surface area contributed by atoms with Crippen molar-refractivity contribution in [3.05, 3.63) is 65.3 Å². The van der Waals surface area contributed by atoms with Crippen LogP contribution in [0.2, 0.25) is 5.02 Å². The van der Waals surface area contributed by atoms with Gasteiger partial charge in [0.05, 0.1) is 4.90 Å². The van der Waals surface area contributed by atoms with Gasteiger partial charge in [-0.15, -0.1) is 0 Å². The van der Waals surface area contributed by atoms with Gasteiger partial charge in [0, 0.05) is 23.6 Å². The van der Waals surface area contributed by atoms with Crippen molar-refractivity contribution in [2.45, 2.75) is 11.3 Å². The molecule has 1 aromatic heterocycles. The van der Waals surface area contributed by atoms with Crippen molar-refractivity contribution in [3.8, 4) is 11.4 Å². The van der Waals surface area contributed by atoms with Crippen LogP contribution in [0.15, 0.2) is 57.9 Å². The number of halogens is 2. The van der Waals surface area contributed by atoms with Crippen molar-refractivity contribution in [3.63, 3.8) is 0 Å². The maximum Gasteiger partial charge on any atom is 0.240 e. The van der Waals surface area contributed by atoms with E-state index in [2.05, 4.69) is 14.9 Å². The zero-order valence-electron chi connectivity index (χ0n) is 12.8. The Hall–Kier alpha value is -2.29. The Labute approximate surface area is 148 Å². The standard InChI is InChI=1S/C16H13ClFN3O3S/c17-12-3-7-14(8-4-12)25(22,23)19-10-9-15-20-16(21-24-15)11-1-5-13(18)6-2-11/h1-8,19H,9-10H2. The summed E-state index contributed by atoms with van der Waals surface area (Å²) < 4.78 is 44.7. The molecule has 0 spiro atoms. The molecule has 0 amide bonds. The first-order chi connectivity index (χ1) is 11.9. The van der Waals surface area contributed by atoms with Crippen LogP contribution in [0.5, 0.6) is 0 Å². The lowest BCUT2D eigenvalue weighted by atomic mass is 10.2. The number of nitrogens with zero attached hydrogens (tertiary/aromatic N) is 2. The summed E-state index contributed by atoms with van der Waals surface area (Å²) in [6, 6.07) is 11.5. The molecule has 0 fully saturated rings. The second-order valence-electron chi connectivity index (χ2n) is 5.12. The molecule has 3 rings (SSSR count). The summed E-state index contributed by atoms with van der Waals surface area (Å²) in [5, 5.41) is 4.26. The highest BCUT2D eigenvalue weighted by atomic mass is 35.5. The molecule has 9 heteroatoms. The van der Waals surface area contributed by atoms with Gasteiger partial charge in [-0.1, -0.05) is 16.8 Å². The maximum absolute atomic E-state index is 12.9. The van der Waals surface area contributed by atoms with Crippen LogP contribution in [0, 0.1) is 5.82 Å². The Kier molecular flexibility index (Phi) is 5.12. The molecule has 0 aliphatic carbocycles. The maximum atomic E-state index is 12.9. The number of sulfonamides is 1. The summed E-state index contributed by atoms with van der Waals surface area (Å²) in [6.07, 6.45) is 0.223. The normalized spacial score (nSPS) is 11.6. The molecule has 25 heavy (non-hydrogen) atoms. The molecule has 1 heterocycles. The monoisotopic (exact) mass is 381 g/mol. The molecular formula is C16H13ClFN3O3S. The van der Waals surface area contributed by atoms with E-state index in [4.69, 9.17) is 16.1 Å². The summed E-state index contributed by atoms with van der Waals surface area (Å²) in [5.41, 5.74) is 0.609. The number of rotatable bonds is 6. The van der Waals surface area contributed by atoms with Gasteiger partial charge in [-0.2, -0.15) is 4.98 Å². The highest BCUT2D eigenvalue weighted by Gasteiger charge is 2.14. The van der Waals surface area contributed by atoms with Gasteiger partial charge in [0.2, 0.25) is 21.7 Å². The molecule has 0 saturated carbocycles. The molecular weight excluding hydrogens is 369 g/mol. The first kappa shape index (κ1) is 17.5. The molecule has 130 valence electrons. The van der Waals surface area contributed by atoms with Gasteiger partial charge in [0.15, 0.2) is 0 Å². The van der Waals surface area contributed by atoms with E-state index in [0.717, 1.165) is 0 Å². The van der Waals surface area contributed by atoms with Crippen LogP contribution < -0.4 is 4.72 Å². The largest absolute Gasteiger partial charge is 0.339 e. The average Bonchev–Trinajstić information content (AvgIpc) is 3.04.